The molecule has 1 unspecified atom stereocenters. The van der Waals surface area contributed by atoms with Crippen LogP contribution in [0.4, 0.5) is 10.5 Å². The number of rotatable bonds is 10. The maximum atomic E-state index is 13.2. The van der Waals surface area contributed by atoms with Gasteiger partial charge in [0.1, 0.15) is 5.03 Å². The number of thioether (sulfide) groups is 2. The normalized spacial score (nSPS) is 12.3. The summed E-state index contributed by atoms with van der Waals surface area (Å²) in [6, 6.07) is 10.3. The number of nitrogens with one attached hydrogen (secondary N) is 2. The maximum absolute atomic E-state index is 13.2. The highest BCUT2D eigenvalue weighted by Gasteiger charge is 2.20. The van der Waals surface area contributed by atoms with Gasteiger partial charge in [0.05, 0.1) is 11.7 Å². The lowest BCUT2D eigenvalue weighted by atomic mass is 9.96. The van der Waals surface area contributed by atoms with Crippen LogP contribution < -0.4 is 10.6 Å². The van der Waals surface area contributed by atoms with Gasteiger partial charge in [-0.15, -0.1) is 23.5 Å². The highest BCUT2D eigenvalue weighted by atomic mass is 32.2. The van der Waals surface area contributed by atoms with Gasteiger partial charge in [-0.3, -0.25) is 0 Å². The largest absolute Gasteiger partial charge is 0.331 e. The molecule has 4 nitrogen and oxygen atoms in total. The lowest BCUT2D eigenvalue weighted by Gasteiger charge is -2.23. The molecule has 0 radical (unpaired) electrons. The van der Waals surface area contributed by atoms with Crippen molar-refractivity contribution < 1.29 is 4.79 Å². The molecule has 0 aliphatic carbocycles. The molecule has 1 heterocycles. The van der Waals surface area contributed by atoms with Crippen LogP contribution in [0.15, 0.2) is 40.3 Å². The second-order valence-corrected chi connectivity index (χ2v) is 11.5. The minimum absolute atomic E-state index is 0.0121. The van der Waals surface area contributed by atoms with E-state index in [0.29, 0.717) is 10.5 Å². The fraction of sp³-hybridized carbons (Fsp3) is 0.520. The number of nitrogens with zero attached hydrogens (tertiary/aromatic N) is 1. The fourth-order valence-electron chi connectivity index (χ4n) is 3.48. The Morgan fingerprint density at radius 3 is 2.35 bits per heavy atom. The van der Waals surface area contributed by atoms with Crippen molar-refractivity contribution in [3.8, 4) is 0 Å². The lowest BCUT2D eigenvalue weighted by Crippen LogP contribution is -2.33. The van der Waals surface area contributed by atoms with E-state index in [0.717, 1.165) is 40.6 Å². The summed E-state index contributed by atoms with van der Waals surface area (Å²) in [4.78, 5) is 19.0. The van der Waals surface area contributed by atoms with E-state index in [1.165, 1.54) is 11.1 Å². The molecule has 0 saturated heterocycles. The van der Waals surface area contributed by atoms with E-state index in [1.807, 2.05) is 6.92 Å². The first-order valence-corrected chi connectivity index (χ1v) is 13.0. The van der Waals surface area contributed by atoms with Gasteiger partial charge in [0, 0.05) is 21.1 Å². The maximum Gasteiger partial charge on any atom is 0.319 e. The average molecular weight is 460 g/mol. The molecule has 2 rings (SSSR count). The van der Waals surface area contributed by atoms with Crippen molar-refractivity contribution >= 4 is 35.2 Å². The smallest absolute Gasteiger partial charge is 0.319 e. The predicted molar refractivity (Wildman–Crippen MR) is 137 cm³/mol. The molecule has 0 spiro atoms. The van der Waals surface area contributed by atoms with Crippen LogP contribution in [0, 0.1) is 6.92 Å². The second kappa shape index (κ2) is 12.4. The van der Waals surface area contributed by atoms with Gasteiger partial charge in [-0.05, 0) is 37.0 Å². The van der Waals surface area contributed by atoms with E-state index in [4.69, 9.17) is 4.98 Å². The molecule has 1 atom stereocenters. The van der Waals surface area contributed by atoms with Crippen molar-refractivity contribution in [2.75, 3.05) is 5.32 Å². The number of benzene rings is 1. The summed E-state index contributed by atoms with van der Waals surface area (Å²) in [5.74, 6) is 0. The molecule has 2 amide bonds. The van der Waals surface area contributed by atoms with Crippen molar-refractivity contribution in [3.63, 3.8) is 0 Å². The monoisotopic (exact) mass is 459 g/mol. The van der Waals surface area contributed by atoms with E-state index in [2.05, 4.69) is 82.5 Å². The van der Waals surface area contributed by atoms with Crippen molar-refractivity contribution in [2.45, 2.75) is 94.2 Å². The van der Waals surface area contributed by atoms with Crippen LogP contribution in [0.3, 0.4) is 0 Å². The second-order valence-electron chi connectivity index (χ2n) is 8.27. The summed E-state index contributed by atoms with van der Waals surface area (Å²) in [6.07, 6.45) is 2.85. The van der Waals surface area contributed by atoms with E-state index in [-0.39, 0.29) is 12.1 Å². The van der Waals surface area contributed by atoms with Gasteiger partial charge in [-0.25, -0.2) is 9.78 Å². The summed E-state index contributed by atoms with van der Waals surface area (Å²) in [5, 5.41) is 8.06. The molecule has 0 aliphatic heterocycles. The number of hydrogen-bond acceptors (Lipinski definition) is 4. The quantitative estimate of drug-likeness (QED) is 0.359. The zero-order valence-electron chi connectivity index (χ0n) is 19.9. The van der Waals surface area contributed by atoms with E-state index in [9.17, 15) is 4.79 Å². The molecular weight excluding hydrogens is 422 g/mol. The Bertz CT molecular complexity index is 837. The Morgan fingerprint density at radius 2 is 1.74 bits per heavy atom. The van der Waals surface area contributed by atoms with Crippen LogP contribution in [-0.4, -0.2) is 21.5 Å². The number of amides is 2. The first-order valence-electron chi connectivity index (χ1n) is 11.2. The molecule has 1 aromatic carbocycles. The average Bonchev–Trinajstić information content (AvgIpc) is 2.69. The van der Waals surface area contributed by atoms with E-state index in [1.54, 1.807) is 23.5 Å². The summed E-state index contributed by atoms with van der Waals surface area (Å²) < 4.78 is 0. The van der Waals surface area contributed by atoms with Crippen molar-refractivity contribution in [1.29, 1.82) is 0 Å². The molecule has 0 fully saturated rings. The van der Waals surface area contributed by atoms with Gasteiger partial charge in [-0.1, -0.05) is 72.2 Å². The van der Waals surface area contributed by atoms with Crippen LogP contribution >= 0.6 is 23.5 Å². The van der Waals surface area contributed by atoms with E-state index >= 15 is 0 Å². The minimum atomic E-state index is -0.175. The predicted octanol–water partition coefficient (Wildman–Crippen LogP) is 7.62. The van der Waals surface area contributed by atoms with Gasteiger partial charge < -0.3 is 10.6 Å². The number of urea groups is 1. The Labute approximate surface area is 196 Å². The molecular formula is C25H37N3OS2. The van der Waals surface area contributed by atoms with Crippen molar-refractivity contribution in [3.05, 3.63) is 47.2 Å². The molecule has 0 aliphatic rings. The van der Waals surface area contributed by atoms with Gasteiger partial charge >= 0.3 is 6.03 Å². The van der Waals surface area contributed by atoms with Crippen LogP contribution in [0.1, 0.15) is 77.2 Å². The number of carbonyl (C=O) groups is 1. The Hall–Kier alpha value is -1.66. The number of carbonyl (C=O) groups excluding carboxylic acids is 1. The third-order valence-electron chi connectivity index (χ3n) is 4.72. The molecule has 31 heavy (non-hydrogen) atoms. The van der Waals surface area contributed by atoms with Gasteiger partial charge in [-0.2, -0.15) is 0 Å². The zero-order chi connectivity index (χ0) is 23.0. The summed E-state index contributed by atoms with van der Waals surface area (Å²) in [7, 11) is 0. The summed E-state index contributed by atoms with van der Waals surface area (Å²) in [6.45, 7) is 14.9. The molecule has 2 aromatic rings. The van der Waals surface area contributed by atoms with Crippen LogP contribution in [0.25, 0.3) is 0 Å². The van der Waals surface area contributed by atoms with E-state index < -0.39 is 0 Å². The molecule has 0 saturated carbocycles. The summed E-state index contributed by atoms with van der Waals surface area (Å²) in [5.41, 5.74) is 4.28. The molecule has 170 valence electrons. The van der Waals surface area contributed by atoms with Gasteiger partial charge in [0.15, 0.2) is 0 Å². The van der Waals surface area contributed by atoms with Crippen LogP contribution in [0.2, 0.25) is 0 Å². The highest BCUT2D eigenvalue weighted by molar-refractivity contribution is 8.00. The van der Waals surface area contributed by atoms with Crippen LogP contribution in [0.5, 0.6) is 0 Å². The topological polar surface area (TPSA) is 54.0 Å². The first kappa shape index (κ1) is 25.6. The zero-order valence-corrected chi connectivity index (χ0v) is 21.5. The third-order valence-corrected chi connectivity index (χ3v) is 6.76. The van der Waals surface area contributed by atoms with Crippen LogP contribution in [-0.2, 0) is 6.42 Å². The number of hydrogen-bond donors (Lipinski definition) is 2. The third kappa shape index (κ3) is 7.76. The number of pyridine rings is 1. The Kier molecular flexibility index (Phi) is 10.2. The molecule has 1 aromatic heterocycles. The Balaban J connectivity index is 2.33. The highest BCUT2D eigenvalue weighted by Crippen LogP contribution is 2.38. The summed E-state index contributed by atoms with van der Waals surface area (Å²) >= 11 is 3.45. The fourth-order valence-corrected chi connectivity index (χ4v) is 5.48. The number of anilines is 1. The van der Waals surface area contributed by atoms with Gasteiger partial charge in [0.2, 0.25) is 0 Å². The standard InChI is InChI=1S/C25H37N3OS2/c1-8-12-21(20-14-11-10-13-19(20)9-2)27-25(29)28-23-22(30-16(3)4)15-18(7)26-24(23)31-17(5)6/h10-11,13-17,21H,8-9,12H2,1-7H3,(H2,27,28,29). The van der Waals surface area contributed by atoms with Crippen molar-refractivity contribution in [2.24, 2.45) is 0 Å². The lowest BCUT2D eigenvalue weighted by molar-refractivity contribution is 0.247. The van der Waals surface area contributed by atoms with Gasteiger partial charge in [0.25, 0.3) is 0 Å². The molecule has 2 N–H and O–H groups in total. The number of aromatic nitrogens is 1. The minimum Gasteiger partial charge on any atom is -0.331 e. The van der Waals surface area contributed by atoms with Crippen molar-refractivity contribution in [1.82, 2.24) is 10.3 Å². The number of aryl methyl sites for hydroxylation is 2. The molecule has 0 bridgehead atoms. The first-order chi connectivity index (χ1) is 14.7. The SMILES string of the molecule is CCCC(NC(=O)Nc1c(SC(C)C)cc(C)nc1SC(C)C)c1ccccc1CC. The molecule has 6 heteroatoms. The Morgan fingerprint density at radius 1 is 1.06 bits per heavy atom.